The number of benzene rings is 2. The van der Waals surface area contributed by atoms with Crippen molar-refractivity contribution in [1.29, 1.82) is 0 Å². The number of anilines is 1. The van der Waals surface area contributed by atoms with Gasteiger partial charge in [0.15, 0.2) is 5.65 Å². The smallest absolute Gasteiger partial charge is 0.321 e. The zero-order chi connectivity index (χ0) is 22.6. The van der Waals surface area contributed by atoms with Gasteiger partial charge in [-0.1, -0.05) is 18.2 Å². The molecule has 1 fully saturated rings. The lowest BCUT2D eigenvalue weighted by atomic mass is 10.3. The largest absolute Gasteiger partial charge is 0.497 e. The Balaban J connectivity index is 1.25. The minimum Gasteiger partial charge on any atom is -0.497 e. The van der Waals surface area contributed by atoms with E-state index in [1.54, 1.807) is 13.3 Å². The van der Waals surface area contributed by atoms with Gasteiger partial charge in [-0.3, -0.25) is 9.47 Å². The van der Waals surface area contributed by atoms with Crippen LogP contribution < -0.4 is 10.1 Å². The molecule has 0 spiro atoms. The van der Waals surface area contributed by atoms with Crippen LogP contribution in [-0.4, -0.2) is 63.7 Å². The topological polar surface area (TPSA) is 75.5 Å². The van der Waals surface area contributed by atoms with Gasteiger partial charge in [0, 0.05) is 43.8 Å². The maximum atomic E-state index is 12.7. The first kappa shape index (κ1) is 21.0. The molecule has 0 radical (unpaired) electrons. The van der Waals surface area contributed by atoms with E-state index in [9.17, 15) is 4.79 Å². The van der Waals surface area contributed by atoms with Crippen LogP contribution in [-0.2, 0) is 6.54 Å². The minimum absolute atomic E-state index is 0.0828. The average molecular weight is 443 g/mol. The highest BCUT2D eigenvalue weighted by Gasteiger charge is 2.23. The lowest BCUT2D eigenvalue weighted by Gasteiger charge is -2.34. The van der Waals surface area contributed by atoms with Gasteiger partial charge in [-0.25, -0.2) is 14.8 Å². The van der Waals surface area contributed by atoms with E-state index in [2.05, 4.69) is 31.9 Å². The molecule has 168 valence electrons. The third-order valence-electron chi connectivity index (χ3n) is 5.87. The van der Waals surface area contributed by atoms with Gasteiger partial charge < -0.3 is 15.0 Å². The number of nitrogens with zero attached hydrogens (tertiary/aromatic N) is 5. The highest BCUT2D eigenvalue weighted by molar-refractivity contribution is 5.89. The Kier molecular flexibility index (Phi) is 5.91. The molecule has 0 saturated carbocycles. The van der Waals surface area contributed by atoms with Crippen LogP contribution in [0.4, 0.5) is 10.5 Å². The lowest BCUT2D eigenvalue weighted by Crippen LogP contribution is -2.49. The molecule has 3 heterocycles. The quantitative estimate of drug-likeness (QED) is 0.509. The predicted octanol–water partition coefficient (Wildman–Crippen LogP) is 3.78. The van der Waals surface area contributed by atoms with Crippen molar-refractivity contribution in [3.8, 4) is 11.4 Å². The van der Waals surface area contributed by atoms with Crippen LogP contribution in [0.1, 0.15) is 5.82 Å². The normalized spacial score (nSPS) is 14.4. The Bertz CT molecular complexity index is 1230. The molecular weight excluding hydrogens is 416 g/mol. The summed E-state index contributed by atoms with van der Waals surface area (Å²) in [4.78, 5) is 26.3. The van der Waals surface area contributed by atoms with Crippen molar-refractivity contribution in [2.24, 2.45) is 0 Å². The Morgan fingerprint density at radius 2 is 1.73 bits per heavy atom. The van der Waals surface area contributed by atoms with E-state index < -0.39 is 0 Å². The lowest BCUT2D eigenvalue weighted by molar-refractivity contribution is 0.140. The van der Waals surface area contributed by atoms with E-state index in [0.29, 0.717) is 19.6 Å². The Morgan fingerprint density at radius 3 is 2.45 bits per heavy atom. The first-order valence-electron chi connectivity index (χ1n) is 11.0. The van der Waals surface area contributed by atoms with Gasteiger partial charge in [0.05, 0.1) is 13.7 Å². The summed E-state index contributed by atoms with van der Waals surface area (Å²) in [6.07, 6.45) is 1.80. The second kappa shape index (κ2) is 9.30. The number of fused-ring (bicyclic) bond motifs is 1. The number of imidazole rings is 1. The first-order valence-corrected chi connectivity index (χ1v) is 11.0. The molecule has 2 aromatic heterocycles. The highest BCUT2D eigenvalue weighted by Crippen LogP contribution is 2.21. The molecule has 5 rings (SSSR count). The molecule has 8 heteroatoms. The number of aromatic nitrogens is 3. The van der Waals surface area contributed by atoms with Gasteiger partial charge in [-0.2, -0.15) is 0 Å². The second-order valence-corrected chi connectivity index (χ2v) is 7.97. The number of urea groups is 1. The average Bonchev–Trinajstić information content (AvgIpc) is 3.23. The van der Waals surface area contributed by atoms with Gasteiger partial charge in [0.1, 0.15) is 17.1 Å². The second-order valence-electron chi connectivity index (χ2n) is 7.97. The van der Waals surface area contributed by atoms with E-state index in [0.717, 1.165) is 47.2 Å². The number of carbonyl (C=O) groups excluding carboxylic acids is 1. The van der Waals surface area contributed by atoms with Crippen LogP contribution in [0, 0.1) is 0 Å². The van der Waals surface area contributed by atoms with E-state index >= 15 is 0 Å². The maximum Gasteiger partial charge on any atom is 0.321 e. The van der Waals surface area contributed by atoms with E-state index in [4.69, 9.17) is 9.72 Å². The summed E-state index contributed by atoms with van der Waals surface area (Å²) in [6.45, 7) is 3.57. The van der Waals surface area contributed by atoms with Gasteiger partial charge in [-0.15, -0.1) is 0 Å². The number of para-hydroxylation sites is 1. The van der Waals surface area contributed by atoms with E-state index in [1.807, 2.05) is 59.5 Å². The van der Waals surface area contributed by atoms with Crippen molar-refractivity contribution >= 4 is 22.9 Å². The fourth-order valence-electron chi connectivity index (χ4n) is 4.10. The first-order chi connectivity index (χ1) is 16.2. The van der Waals surface area contributed by atoms with Crippen LogP contribution in [0.25, 0.3) is 16.9 Å². The molecule has 1 N–H and O–H groups in total. The number of hydrogen-bond acceptors (Lipinski definition) is 5. The third kappa shape index (κ3) is 4.51. The molecule has 33 heavy (non-hydrogen) atoms. The number of hydrogen-bond donors (Lipinski definition) is 1. The molecular formula is C25H26N6O2. The summed E-state index contributed by atoms with van der Waals surface area (Å²) in [5.74, 6) is 1.71. The number of rotatable bonds is 5. The summed E-state index contributed by atoms with van der Waals surface area (Å²) in [7, 11) is 1.62. The molecule has 0 atom stereocenters. The highest BCUT2D eigenvalue weighted by atomic mass is 16.5. The number of pyridine rings is 1. The fraction of sp³-hybridized carbons (Fsp3) is 0.240. The van der Waals surface area contributed by atoms with Gasteiger partial charge in [-0.05, 0) is 48.5 Å². The number of nitrogens with one attached hydrogen (secondary N) is 1. The molecule has 1 aliphatic heterocycles. The van der Waals surface area contributed by atoms with Crippen molar-refractivity contribution < 1.29 is 9.53 Å². The van der Waals surface area contributed by atoms with Crippen molar-refractivity contribution in [3.63, 3.8) is 0 Å². The molecule has 1 saturated heterocycles. The zero-order valence-electron chi connectivity index (χ0n) is 18.5. The maximum absolute atomic E-state index is 12.7. The van der Waals surface area contributed by atoms with Crippen molar-refractivity contribution in [1.82, 2.24) is 24.3 Å². The Labute approximate surface area is 192 Å². The van der Waals surface area contributed by atoms with Crippen LogP contribution in [0.2, 0.25) is 0 Å². The van der Waals surface area contributed by atoms with Gasteiger partial charge in [0.25, 0.3) is 0 Å². The standard InChI is InChI=1S/C25H26N6O2/c1-33-21-11-9-19(10-12-21)27-25(32)30-16-14-29(15-17-30)18-23-28-22-8-5-13-26-24(22)31(23)20-6-3-2-4-7-20/h2-13H,14-18H2,1H3,(H,27,32). The summed E-state index contributed by atoms with van der Waals surface area (Å²) < 4.78 is 7.29. The van der Waals surface area contributed by atoms with Crippen LogP contribution in [0.15, 0.2) is 72.9 Å². The fourth-order valence-corrected chi connectivity index (χ4v) is 4.10. The van der Waals surface area contributed by atoms with Crippen molar-refractivity contribution in [2.75, 3.05) is 38.6 Å². The predicted molar refractivity (Wildman–Crippen MR) is 128 cm³/mol. The molecule has 0 aliphatic carbocycles. The third-order valence-corrected chi connectivity index (χ3v) is 5.87. The molecule has 4 aromatic rings. The molecule has 2 amide bonds. The van der Waals surface area contributed by atoms with E-state index in [1.165, 1.54) is 0 Å². The monoisotopic (exact) mass is 442 g/mol. The molecule has 1 aliphatic rings. The van der Waals surface area contributed by atoms with Crippen LogP contribution in [0.3, 0.4) is 0 Å². The minimum atomic E-state index is -0.0828. The van der Waals surface area contributed by atoms with E-state index in [-0.39, 0.29) is 6.03 Å². The molecule has 0 unspecified atom stereocenters. The van der Waals surface area contributed by atoms with Crippen molar-refractivity contribution in [2.45, 2.75) is 6.54 Å². The molecule has 2 aromatic carbocycles. The summed E-state index contributed by atoms with van der Waals surface area (Å²) >= 11 is 0. The summed E-state index contributed by atoms with van der Waals surface area (Å²) in [5, 5.41) is 2.96. The molecule has 0 bridgehead atoms. The van der Waals surface area contributed by atoms with Crippen LogP contribution in [0.5, 0.6) is 5.75 Å². The number of piperazine rings is 1. The summed E-state index contributed by atoms with van der Waals surface area (Å²) in [5.41, 5.74) is 3.54. The van der Waals surface area contributed by atoms with Crippen molar-refractivity contribution in [3.05, 3.63) is 78.8 Å². The number of amides is 2. The number of carbonyl (C=O) groups is 1. The molecule has 8 nitrogen and oxygen atoms in total. The summed E-state index contributed by atoms with van der Waals surface area (Å²) in [6, 6.07) is 21.4. The Morgan fingerprint density at radius 1 is 0.970 bits per heavy atom. The number of ether oxygens (including phenoxy) is 1. The Hall–Kier alpha value is -3.91. The SMILES string of the molecule is COc1ccc(NC(=O)N2CCN(Cc3nc4cccnc4n3-c3ccccc3)CC2)cc1. The number of methoxy groups -OCH3 is 1. The van der Waals surface area contributed by atoms with Gasteiger partial charge >= 0.3 is 6.03 Å². The van der Waals surface area contributed by atoms with Gasteiger partial charge in [0.2, 0.25) is 0 Å². The van der Waals surface area contributed by atoms with Crippen LogP contribution >= 0.6 is 0 Å². The zero-order valence-corrected chi connectivity index (χ0v) is 18.5.